The van der Waals surface area contributed by atoms with E-state index in [2.05, 4.69) is 39.6 Å². The van der Waals surface area contributed by atoms with Crippen LogP contribution < -0.4 is 10.6 Å². The van der Waals surface area contributed by atoms with Gasteiger partial charge in [0.15, 0.2) is 0 Å². The van der Waals surface area contributed by atoms with Crippen molar-refractivity contribution in [3.8, 4) is 0 Å². The number of nitrogens with one attached hydrogen (secondary N) is 2. The number of amides is 2. The number of hydrogen-bond donors (Lipinski definition) is 2. The first-order chi connectivity index (χ1) is 12.2. The maximum atomic E-state index is 12.4. The zero-order chi connectivity index (χ0) is 17.5. The number of likely N-dealkylation sites (N-methyl/N-ethyl adjacent to an activating group) is 1. The highest BCUT2D eigenvalue weighted by atomic mass is 16.5. The van der Waals surface area contributed by atoms with Gasteiger partial charge in [-0.3, -0.25) is 4.90 Å². The van der Waals surface area contributed by atoms with E-state index in [4.69, 9.17) is 4.74 Å². The number of carbonyl (C=O) groups excluding carboxylic acids is 1. The summed E-state index contributed by atoms with van der Waals surface area (Å²) in [6.07, 6.45) is 1.03. The third-order valence-corrected chi connectivity index (χ3v) is 5.12. The van der Waals surface area contributed by atoms with Crippen LogP contribution in [0.1, 0.15) is 18.0 Å². The van der Waals surface area contributed by atoms with Crippen molar-refractivity contribution in [1.82, 2.24) is 20.4 Å². The van der Waals surface area contributed by atoms with Gasteiger partial charge in [-0.15, -0.1) is 0 Å². The van der Waals surface area contributed by atoms with E-state index in [0.717, 1.165) is 57.9 Å². The molecule has 0 spiro atoms. The van der Waals surface area contributed by atoms with Crippen molar-refractivity contribution in [2.75, 3.05) is 59.5 Å². The quantitative estimate of drug-likeness (QED) is 0.815. The van der Waals surface area contributed by atoms with Gasteiger partial charge < -0.3 is 20.3 Å². The molecule has 2 heterocycles. The van der Waals surface area contributed by atoms with Crippen molar-refractivity contribution in [1.29, 1.82) is 0 Å². The summed E-state index contributed by atoms with van der Waals surface area (Å²) in [4.78, 5) is 17.2. The molecule has 6 nitrogen and oxygen atoms in total. The molecular weight excluding hydrogens is 316 g/mol. The van der Waals surface area contributed by atoms with Crippen LogP contribution in [-0.2, 0) is 4.74 Å². The predicted molar refractivity (Wildman–Crippen MR) is 98.6 cm³/mol. The molecule has 0 aromatic heterocycles. The fourth-order valence-corrected chi connectivity index (χ4v) is 3.40. The Morgan fingerprint density at radius 2 is 2.00 bits per heavy atom. The molecule has 0 saturated carbocycles. The zero-order valence-corrected chi connectivity index (χ0v) is 15.1. The fourth-order valence-electron chi connectivity index (χ4n) is 3.40. The molecule has 0 unspecified atom stereocenters. The highest BCUT2D eigenvalue weighted by molar-refractivity contribution is 5.74. The van der Waals surface area contributed by atoms with E-state index in [0.29, 0.717) is 12.5 Å². The summed E-state index contributed by atoms with van der Waals surface area (Å²) in [5, 5.41) is 6.18. The summed E-state index contributed by atoms with van der Waals surface area (Å²) in [5.74, 6) is 0.443. The molecular formula is C19H30N4O2. The number of urea groups is 1. The first kappa shape index (κ1) is 18.2. The Hall–Kier alpha value is -1.63. The molecule has 2 N–H and O–H groups in total. The molecule has 0 radical (unpaired) electrons. The average molecular weight is 346 g/mol. The lowest BCUT2D eigenvalue weighted by molar-refractivity contribution is 0.142. The van der Waals surface area contributed by atoms with Crippen molar-refractivity contribution >= 4 is 6.03 Å². The summed E-state index contributed by atoms with van der Waals surface area (Å²) < 4.78 is 5.37. The van der Waals surface area contributed by atoms with E-state index in [-0.39, 0.29) is 12.1 Å². The largest absolute Gasteiger partial charge is 0.381 e. The molecule has 2 fully saturated rings. The maximum Gasteiger partial charge on any atom is 0.315 e. The molecule has 0 bridgehead atoms. The molecule has 0 aliphatic carbocycles. The molecule has 25 heavy (non-hydrogen) atoms. The summed E-state index contributed by atoms with van der Waals surface area (Å²) in [6, 6.07) is 10.2. The normalized spacial score (nSPS) is 23.3. The van der Waals surface area contributed by atoms with Crippen LogP contribution in [0.4, 0.5) is 4.79 Å². The van der Waals surface area contributed by atoms with E-state index >= 15 is 0 Å². The van der Waals surface area contributed by atoms with Crippen molar-refractivity contribution in [2.24, 2.45) is 5.92 Å². The molecule has 1 aromatic rings. The lowest BCUT2D eigenvalue weighted by Gasteiger charge is -2.35. The van der Waals surface area contributed by atoms with Crippen LogP contribution in [0.3, 0.4) is 0 Å². The minimum Gasteiger partial charge on any atom is -0.381 e. The van der Waals surface area contributed by atoms with E-state index in [1.807, 2.05) is 18.2 Å². The van der Waals surface area contributed by atoms with E-state index < -0.39 is 0 Å². The molecule has 1 aromatic carbocycles. The van der Waals surface area contributed by atoms with Gasteiger partial charge in [-0.1, -0.05) is 30.3 Å². The van der Waals surface area contributed by atoms with E-state index in [9.17, 15) is 4.79 Å². The van der Waals surface area contributed by atoms with Crippen LogP contribution in [0.25, 0.3) is 0 Å². The standard InChI is InChI=1S/C19H30N4O2/c1-22-8-10-23(11-9-22)14-18(17-5-3-2-4-6-17)21-19(24)20-13-16-7-12-25-15-16/h2-6,16,18H,7-15H2,1H3,(H2,20,21,24)/t16-,18+/m1/s1. The van der Waals surface area contributed by atoms with Gasteiger partial charge in [0.25, 0.3) is 0 Å². The first-order valence-electron chi connectivity index (χ1n) is 9.28. The fraction of sp³-hybridized carbons (Fsp3) is 0.632. The Morgan fingerprint density at radius 1 is 1.24 bits per heavy atom. The second-order valence-corrected chi connectivity index (χ2v) is 7.15. The van der Waals surface area contributed by atoms with Crippen LogP contribution in [0, 0.1) is 5.92 Å². The minimum atomic E-state index is -0.0881. The monoisotopic (exact) mass is 346 g/mol. The highest BCUT2D eigenvalue weighted by Gasteiger charge is 2.22. The maximum absolute atomic E-state index is 12.4. The number of carbonyl (C=O) groups is 1. The molecule has 2 amide bonds. The van der Waals surface area contributed by atoms with Gasteiger partial charge in [0.05, 0.1) is 12.6 Å². The third kappa shape index (κ3) is 5.70. The average Bonchev–Trinajstić information content (AvgIpc) is 3.16. The van der Waals surface area contributed by atoms with Crippen LogP contribution in [0.5, 0.6) is 0 Å². The van der Waals surface area contributed by atoms with E-state index in [1.54, 1.807) is 0 Å². The van der Waals surface area contributed by atoms with Crippen molar-refractivity contribution in [3.05, 3.63) is 35.9 Å². The van der Waals surface area contributed by atoms with Crippen molar-refractivity contribution in [2.45, 2.75) is 12.5 Å². The summed E-state index contributed by atoms with van der Waals surface area (Å²) in [6.45, 7) is 7.34. The molecule has 2 atom stereocenters. The van der Waals surface area contributed by atoms with E-state index in [1.165, 1.54) is 0 Å². The van der Waals surface area contributed by atoms with Gasteiger partial charge in [0.2, 0.25) is 0 Å². The molecule has 2 saturated heterocycles. The summed E-state index contributed by atoms with van der Waals surface area (Å²) in [5.41, 5.74) is 1.15. The van der Waals surface area contributed by atoms with Gasteiger partial charge >= 0.3 is 6.03 Å². The molecule has 2 aliphatic heterocycles. The number of ether oxygens (including phenoxy) is 1. The Balaban J connectivity index is 1.55. The predicted octanol–water partition coefficient (Wildman–Crippen LogP) is 1.31. The lowest BCUT2D eigenvalue weighted by Crippen LogP contribution is -2.49. The van der Waals surface area contributed by atoms with Gasteiger partial charge in [-0.2, -0.15) is 0 Å². The topological polar surface area (TPSA) is 56.8 Å². The third-order valence-electron chi connectivity index (χ3n) is 5.12. The molecule has 6 heteroatoms. The molecule has 2 aliphatic rings. The summed E-state index contributed by atoms with van der Waals surface area (Å²) in [7, 11) is 2.16. The molecule has 3 rings (SSSR count). The number of rotatable bonds is 6. The zero-order valence-electron chi connectivity index (χ0n) is 15.1. The second kappa shape index (κ2) is 9.17. The number of hydrogen-bond acceptors (Lipinski definition) is 4. The van der Waals surface area contributed by atoms with Crippen LogP contribution in [-0.4, -0.2) is 75.4 Å². The van der Waals surface area contributed by atoms with Crippen LogP contribution >= 0.6 is 0 Å². The van der Waals surface area contributed by atoms with Crippen molar-refractivity contribution in [3.63, 3.8) is 0 Å². The number of nitrogens with zero attached hydrogens (tertiary/aromatic N) is 2. The lowest BCUT2D eigenvalue weighted by atomic mass is 10.1. The van der Waals surface area contributed by atoms with Crippen LogP contribution in [0.2, 0.25) is 0 Å². The first-order valence-corrected chi connectivity index (χ1v) is 9.28. The Morgan fingerprint density at radius 3 is 2.68 bits per heavy atom. The van der Waals surface area contributed by atoms with Gasteiger partial charge in [0.1, 0.15) is 0 Å². The number of benzene rings is 1. The Labute approximate surface area is 150 Å². The van der Waals surface area contributed by atoms with Crippen molar-refractivity contribution < 1.29 is 9.53 Å². The molecule has 138 valence electrons. The highest BCUT2D eigenvalue weighted by Crippen LogP contribution is 2.16. The summed E-state index contributed by atoms with van der Waals surface area (Å²) >= 11 is 0. The van der Waals surface area contributed by atoms with Gasteiger partial charge in [-0.25, -0.2) is 4.79 Å². The second-order valence-electron chi connectivity index (χ2n) is 7.15. The van der Waals surface area contributed by atoms with Gasteiger partial charge in [-0.05, 0) is 19.0 Å². The Bertz CT molecular complexity index is 525. The van der Waals surface area contributed by atoms with Gasteiger partial charge in [0, 0.05) is 51.8 Å². The Kier molecular flexibility index (Phi) is 6.67. The number of piperazine rings is 1. The SMILES string of the molecule is CN1CCN(C[C@H](NC(=O)NC[C@H]2CCOC2)c2ccccc2)CC1. The smallest absolute Gasteiger partial charge is 0.315 e. The van der Waals surface area contributed by atoms with Crippen LogP contribution in [0.15, 0.2) is 30.3 Å². The minimum absolute atomic E-state index is 0.00411.